The summed E-state index contributed by atoms with van der Waals surface area (Å²) in [7, 11) is 0. The molecule has 5 heteroatoms. The van der Waals surface area contributed by atoms with E-state index in [0.717, 1.165) is 32.5 Å². The van der Waals surface area contributed by atoms with Gasteiger partial charge in [-0.25, -0.2) is 4.39 Å². The van der Waals surface area contributed by atoms with Crippen molar-refractivity contribution in [3.63, 3.8) is 0 Å². The second kappa shape index (κ2) is 6.22. The number of nitrogens with one attached hydrogen (secondary N) is 1. The van der Waals surface area contributed by atoms with Gasteiger partial charge >= 0.3 is 0 Å². The van der Waals surface area contributed by atoms with Crippen LogP contribution in [0, 0.1) is 11.7 Å². The number of rotatable bonds is 3. The maximum absolute atomic E-state index is 12.9. The number of hydrogen-bond donors (Lipinski definition) is 2. The number of carbonyl (C=O) groups is 1. The van der Waals surface area contributed by atoms with Crippen molar-refractivity contribution in [1.29, 1.82) is 0 Å². The highest BCUT2D eigenvalue weighted by atomic mass is 19.1. The summed E-state index contributed by atoms with van der Waals surface area (Å²) in [5.74, 6) is -0.193. The first-order valence-electron chi connectivity index (χ1n) is 7.58. The van der Waals surface area contributed by atoms with Crippen LogP contribution in [0.2, 0.25) is 0 Å². The number of Topliss-reactive ketones (excluding diaryl/α,β-unsaturated/α-hetero) is 1. The molecule has 1 aromatic rings. The number of carbonyl (C=O) groups excluding carboxylic acids is 1. The van der Waals surface area contributed by atoms with E-state index in [9.17, 15) is 14.3 Å². The fourth-order valence-corrected chi connectivity index (χ4v) is 3.37. The maximum Gasteiger partial charge on any atom is 0.166 e. The predicted molar refractivity (Wildman–Crippen MR) is 77.7 cm³/mol. The lowest BCUT2D eigenvalue weighted by molar-refractivity contribution is 0.0539. The molecular formula is C16H21FN2O2. The molecule has 2 saturated heterocycles. The molecular weight excluding hydrogens is 271 g/mol. The summed E-state index contributed by atoms with van der Waals surface area (Å²) in [4.78, 5) is 14.7. The standard InChI is InChI=1S/C16H21FN2O2/c17-13-3-1-11(2-4-13)16(21)12-5-7-19(8-6-12)14-9-18-10-15(14)20/h1-4,12,14-15,18,20H,5-10H2/t14-,15-/m0/s1. The van der Waals surface area contributed by atoms with Crippen LogP contribution in [0.25, 0.3) is 0 Å². The topological polar surface area (TPSA) is 52.6 Å². The van der Waals surface area contributed by atoms with Crippen molar-refractivity contribution in [2.45, 2.75) is 25.0 Å². The molecule has 114 valence electrons. The van der Waals surface area contributed by atoms with Crippen LogP contribution in [0.5, 0.6) is 0 Å². The largest absolute Gasteiger partial charge is 0.390 e. The minimum absolute atomic E-state index is 0.0122. The van der Waals surface area contributed by atoms with Crippen molar-refractivity contribution >= 4 is 5.78 Å². The van der Waals surface area contributed by atoms with Crippen molar-refractivity contribution < 1.29 is 14.3 Å². The van der Waals surface area contributed by atoms with E-state index in [1.807, 2.05) is 0 Å². The molecule has 0 radical (unpaired) electrons. The molecule has 2 atom stereocenters. The fourth-order valence-electron chi connectivity index (χ4n) is 3.37. The first kappa shape index (κ1) is 14.6. The zero-order chi connectivity index (χ0) is 14.8. The molecule has 0 amide bonds. The summed E-state index contributed by atoms with van der Waals surface area (Å²) in [6, 6.07) is 5.97. The summed E-state index contributed by atoms with van der Waals surface area (Å²) in [6.45, 7) is 3.14. The minimum atomic E-state index is -0.316. The molecule has 2 aliphatic heterocycles. The van der Waals surface area contributed by atoms with Crippen LogP contribution in [0.15, 0.2) is 24.3 Å². The van der Waals surface area contributed by atoms with Crippen molar-refractivity contribution in [3.05, 3.63) is 35.6 Å². The quantitative estimate of drug-likeness (QED) is 0.818. The summed E-state index contributed by atoms with van der Waals surface area (Å²) in [5, 5.41) is 13.1. The van der Waals surface area contributed by atoms with Gasteiger partial charge in [0, 0.05) is 30.6 Å². The maximum atomic E-state index is 12.9. The van der Waals surface area contributed by atoms with Crippen molar-refractivity contribution in [2.24, 2.45) is 5.92 Å². The molecule has 0 bridgehead atoms. The van der Waals surface area contributed by atoms with Crippen molar-refractivity contribution in [1.82, 2.24) is 10.2 Å². The van der Waals surface area contributed by atoms with Gasteiger partial charge in [-0.2, -0.15) is 0 Å². The third-order valence-corrected chi connectivity index (χ3v) is 4.65. The Kier molecular flexibility index (Phi) is 4.33. The van der Waals surface area contributed by atoms with Gasteiger partial charge < -0.3 is 10.4 Å². The molecule has 0 aromatic heterocycles. The van der Waals surface area contributed by atoms with Crippen LogP contribution in [0.4, 0.5) is 4.39 Å². The smallest absolute Gasteiger partial charge is 0.166 e. The molecule has 1 aromatic carbocycles. The number of ketones is 1. The van der Waals surface area contributed by atoms with E-state index in [0.29, 0.717) is 12.1 Å². The minimum Gasteiger partial charge on any atom is -0.390 e. The predicted octanol–water partition coefficient (Wildman–Crippen LogP) is 1.05. The van der Waals surface area contributed by atoms with Gasteiger partial charge in [0.2, 0.25) is 0 Å². The third-order valence-electron chi connectivity index (χ3n) is 4.65. The van der Waals surface area contributed by atoms with Crippen LogP contribution >= 0.6 is 0 Å². The van der Waals surface area contributed by atoms with Crippen molar-refractivity contribution in [2.75, 3.05) is 26.2 Å². The average molecular weight is 292 g/mol. The summed E-state index contributed by atoms with van der Waals surface area (Å²) in [5.41, 5.74) is 0.595. The van der Waals surface area contributed by atoms with E-state index in [4.69, 9.17) is 0 Å². The third kappa shape index (κ3) is 3.15. The van der Waals surface area contributed by atoms with E-state index in [1.165, 1.54) is 12.1 Å². The average Bonchev–Trinajstić information content (AvgIpc) is 2.94. The number of aliphatic hydroxyl groups excluding tert-OH is 1. The van der Waals surface area contributed by atoms with Gasteiger partial charge in [-0.3, -0.25) is 9.69 Å². The van der Waals surface area contributed by atoms with Gasteiger partial charge in [0.1, 0.15) is 5.82 Å². The Morgan fingerprint density at radius 1 is 1.19 bits per heavy atom. The second-order valence-corrected chi connectivity index (χ2v) is 5.97. The molecule has 21 heavy (non-hydrogen) atoms. The summed E-state index contributed by atoms with van der Waals surface area (Å²) >= 11 is 0. The first-order chi connectivity index (χ1) is 10.1. The molecule has 0 saturated carbocycles. The van der Waals surface area contributed by atoms with E-state index < -0.39 is 0 Å². The van der Waals surface area contributed by atoms with Gasteiger partial charge in [0.25, 0.3) is 0 Å². The normalized spacial score (nSPS) is 27.9. The molecule has 2 heterocycles. The lowest BCUT2D eigenvalue weighted by atomic mass is 9.88. The van der Waals surface area contributed by atoms with Crippen LogP contribution in [-0.4, -0.2) is 54.1 Å². The van der Waals surface area contributed by atoms with E-state index in [-0.39, 0.29) is 29.7 Å². The number of benzene rings is 1. The highest BCUT2D eigenvalue weighted by molar-refractivity contribution is 5.97. The Morgan fingerprint density at radius 2 is 1.86 bits per heavy atom. The molecule has 0 unspecified atom stereocenters. The highest BCUT2D eigenvalue weighted by Gasteiger charge is 2.34. The molecule has 0 spiro atoms. The zero-order valence-electron chi connectivity index (χ0n) is 12.0. The van der Waals surface area contributed by atoms with Crippen LogP contribution < -0.4 is 5.32 Å². The Labute approximate surface area is 124 Å². The number of likely N-dealkylation sites (tertiary alicyclic amines) is 1. The summed E-state index contributed by atoms with van der Waals surface area (Å²) < 4.78 is 12.9. The molecule has 0 aliphatic carbocycles. The van der Waals surface area contributed by atoms with Crippen molar-refractivity contribution in [3.8, 4) is 0 Å². The molecule has 2 fully saturated rings. The second-order valence-electron chi connectivity index (χ2n) is 5.97. The van der Waals surface area contributed by atoms with Gasteiger partial charge in [-0.1, -0.05) is 0 Å². The van der Waals surface area contributed by atoms with Crippen LogP contribution in [-0.2, 0) is 0 Å². The Bertz CT molecular complexity index is 498. The fraction of sp³-hybridized carbons (Fsp3) is 0.562. The number of halogens is 1. The van der Waals surface area contributed by atoms with Crippen LogP contribution in [0.3, 0.4) is 0 Å². The van der Waals surface area contributed by atoms with E-state index in [1.54, 1.807) is 12.1 Å². The number of aliphatic hydroxyl groups is 1. The summed E-state index contributed by atoms with van der Waals surface area (Å²) in [6.07, 6.45) is 1.30. The number of piperidine rings is 1. The van der Waals surface area contributed by atoms with Gasteiger partial charge in [-0.15, -0.1) is 0 Å². The Balaban J connectivity index is 1.58. The van der Waals surface area contributed by atoms with Gasteiger partial charge in [-0.05, 0) is 50.2 Å². The number of nitrogens with zero attached hydrogens (tertiary/aromatic N) is 1. The van der Waals surface area contributed by atoms with Crippen LogP contribution in [0.1, 0.15) is 23.2 Å². The first-order valence-corrected chi connectivity index (χ1v) is 7.58. The lowest BCUT2D eigenvalue weighted by Crippen LogP contribution is -2.48. The number of hydrogen-bond acceptors (Lipinski definition) is 4. The monoisotopic (exact) mass is 292 g/mol. The van der Waals surface area contributed by atoms with Gasteiger partial charge in [0.15, 0.2) is 5.78 Å². The molecule has 4 nitrogen and oxygen atoms in total. The zero-order valence-corrected chi connectivity index (χ0v) is 12.0. The molecule has 2 aliphatic rings. The lowest BCUT2D eigenvalue weighted by Gasteiger charge is -2.36. The molecule has 3 rings (SSSR count). The Hall–Kier alpha value is -1.30. The van der Waals surface area contributed by atoms with Gasteiger partial charge in [0.05, 0.1) is 6.10 Å². The molecule has 2 N–H and O–H groups in total. The SMILES string of the molecule is O=C(c1ccc(F)cc1)C1CCN([C@H]2CNC[C@@H]2O)CC1. The van der Waals surface area contributed by atoms with E-state index in [2.05, 4.69) is 10.2 Å². The Morgan fingerprint density at radius 3 is 2.43 bits per heavy atom. The highest BCUT2D eigenvalue weighted by Crippen LogP contribution is 2.24. The van der Waals surface area contributed by atoms with E-state index >= 15 is 0 Å². The number of β-amino-alcohol motifs (C(OH)–C–C–N with tert-alkyl or cyclic N) is 1.